The molecule has 0 saturated carbocycles. The average molecular weight is 435 g/mol. The molecule has 0 atom stereocenters. The Bertz CT molecular complexity index is 2060. The van der Waals surface area contributed by atoms with E-state index in [0.717, 1.165) is 33.4 Å². The second-order valence-corrected chi connectivity index (χ2v) is 8.71. The van der Waals surface area contributed by atoms with Crippen LogP contribution in [0.1, 0.15) is 0 Å². The van der Waals surface area contributed by atoms with Crippen LogP contribution >= 0.6 is 0 Å². The lowest BCUT2D eigenvalue weighted by atomic mass is 10.0. The number of nitrogens with zero attached hydrogens (tertiary/aromatic N) is 4. The van der Waals surface area contributed by atoms with Crippen molar-refractivity contribution in [1.29, 1.82) is 0 Å². The normalized spacial score (nSPS) is 12.1. The van der Waals surface area contributed by atoms with Crippen molar-refractivity contribution in [1.82, 2.24) is 18.9 Å². The monoisotopic (exact) mass is 434 g/mol. The minimum Gasteiger partial charge on any atom is -0.309 e. The van der Waals surface area contributed by atoms with Crippen LogP contribution in [0, 0.1) is 0 Å². The summed E-state index contributed by atoms with van der Waals surface area (Å²) in [5.74, 6) is 0. The number of hydrogen-bond acceptors (Lipinski definition) is 2. The second kappa shape index (κ2) is 6.42. The molecule has 4 nitrogen and oxygen atoms in total. The van der Waals surface area contributed by atoms with Gasteiger partial charge in [0.1, 0.15) is 11.2 Å². The summed E-state index contributed by atoms with van der Waals surface area (Å²) in [6.45, 7) is 0. The van der Waals surface area contributed by atoms with Gasteiger partial charge in [0.2, 0.25) is 0 Å². The van der Waals surface area contributed by atoms with Gasteiger partial charge in [-0.25, -0.2) is 9.97 Å². The van der Waals surface area contributed by atoms with E-state index < -0.39 is 0 Å². The maximum absolute atomic E-state index is 5.05. The van der Waals surface area contributed by atoms with E-state index in [1.54, 1.807) is 0 Å². The van der Waals surface area contributed by atoms with Crippen LogP contribution < -0.4 is 0 Å². The van der Waals surface area contributed by atoms with E-state index in [2.05, 4.69) is 105 Å². The maximum Gasteiger partial charge on any atom is 0.164 e. The molecular weight excluding hydrogens is 416 g/mol. The molecule has 34 heavy (non-hydrogen) atoms. The van der Waals surface area contributed by atoms with Crippen molar-refractivity contribution in [3.8, 4) is 5.69 Å². The number of aromatic nitrogens is 4. The SMILES string of the molecule is c1ccc(-n2c3ccccc3c3ccc4c(c5ccccc5n5c6ncccc6nc45)c32)cc1. The Labute approximate surface area is 194 Å². The zero-order chi connectivity index (χ0) is 22.2. The molecule has 4 heteroatoms. The van der Waals surface area contributed by atoms with Gasteiger partial charge < -0.3 is 4.57 Å². The third-order valence-corrected chi connectivity index (χ3v) is 6.92. The van der Waals surface area contributed by atoms with Crippen LogP contribution in [-0.2, 0) is 0 Å². The van der Waals surface area contributed by atoms with Crippen molar-refractivity contribution in [2.45, 2.75) is 0 Å². The molecule has 0 unspecified atom stereocenters. The van der Waals surface area contributed by atoms with Gasteiger partial charge in [-0.15, -0.1) is 0 Å². The van der Waals surface area contributed by atoms with Crippen molar-refractivity contribution >= 4 is 60.3 Å². The third kappa shape index (κ3) is 2.17. The largest absolute Gasteiger partial charge is 0.309 e. The van der Waals surface area contributed by atoms with Gasteiger partial charge in [0.15, 0.2) is 5.65 Å². The smallest absolute Gasteiger partial charge is 0.164 e. The molecule has 0 amide bonds. The zero-order valence-electron chi connectivity index (χ0n) is 18.2. The summed E-state index contributed by atoms with van der Waals surface area (Å²) in [4.78, 5) is 9.73. The maximum atomic E-state index is 5.05. The van der Waals surface area contributed by atoms with Gasteiger partial charge in [-0.2, -0.15) is 0 Å². The predicted molar refractivity (Wildman–Crippen MR) is 140 cm³/mol. The molecule has 0 aliphatic carbocycles. The Kier molecular flexibility index (Phi) is 3.36. The first-order chi connectivity index (χ1) is 16.9. The van der Waals surface area contributed by atoms with Crippen LogP contribution in [0.2, 0.25) is 0 Å². The molecular formula is C30H18N4. The van der Waals surface area contributed by atoms with E-state index in [0.29, 0.717) is 0 Å². The first-order valence-corrected chi connectivity index (χ1v) is 11.5. The van der Waals surface area contributed by atoms with Gasteiger partial charge in [0, 0.05) is 38.8 Å². The molecule has 0 radical (unpaired) electrons. The van der Waals surface area contributed by atoms with E-state index in [1.807, 2.05) is 18.3 Å². The second-order valence-electron chi connectivity index (χ2n) is 8.71. The number of hydrogen-bond donors (Lipinski definition) is 0. The first kappa shape index (κ1) is 17.8. The first-order valence-electron chi connectivity index (χ1n) is 11.5. The van der Waals surface area contributed by atoms with E-state index in [1.165, 1.54) is 32.6 Å². The highest BCUT2D eigenvalue weighted by Gasteiger charge is 2.20. The molecule has 4 aromatic heterocycles. The number of pyridine rings is 2. The van der Waals surface area contributed by atoms with Crippen molar-refractivity contribution in [2.75, 3.05) is 0 Å². The quantitative estimate of drug-likeness (QED) is 0.254. The minimum atomic E-state index is 0.888. The Morgan fingerprint density at radius 1 is 0.529 bits per heavy atom. The molecule has 0 spiro atoms. The lowest BCUT2D eigenvalue weighted by molar-refractivity contribution is 1.19. The highest BCUT2D eigenvalue weighted by atomic mass is 15.1. The molecule has 158 valence electrons. The summed E-state index contributed by atoms with van der Waals surface area (Å²) in [6.07, 6.45) is 1.84. The van der Waals surface area contributed by atoms with E-state index in [9.17, 15) is 0 Å². The fourth-order valence-corrected chi connectivity index (χ4v) is 5.56. The molecule has 4 heterocycles. The van der Waals surface area contributed by atoms with Gasteiger partial charge in [-0.3, -0.25) is 4.40 Å². The van der Waals surface area contributed by atoms with Crippen LogP contribution in [0.15, 0.2) is 109 Å². The highest BCUT2D eigenvalue weighted by Crippen LogP contribution is 2.41. The molecule has 0 fully saturated rings. The van der Waals surface area contributed by atoms with Crippen LogP contribution in [0.5, 0.6) is 0 Å². The van der Waals surface area contributed by atoms with E-state index in [4.69, 9.17) is 4.98 Å². The molecule has 4 aromatic carbocycles. The molecule has 8 rings (SSSR count). The van der Waals surface area contributed by atoms with Crippen molar-refractivity contribution in [2.24, 2.45) is 0 Å². The van der Waals surface area contributed by atoms with Gasteiger partial charge in [-0.05, 0) is 42.5 Å². The van der Waals surface area contributed by atoms with Crippen LogP contribution in [0.3, 0.4) is 0 Å². The summed E-state index contributed by atoms with van der Waals surface area (Å²) in [5.41, 5.74) is 7.42. The molecule has 0 aliphatic heterocycles. The fraction of sp³-hybridized carbons (Fsp3) is 0. The Morgan fingerprint density at radius 3 is 2.15 bits per heavy atom. The Hall–Kier alpha value is -4.70. The molecule has 0 aliphatic rings. The minimum absolute atomic E-state index is 0.888. The number of para-hydroxylation sites is 3. The lowest BCUT2D eigenvalue weighted by Crippen LogP contribution is -1.97. The predicted octanol–water partition coefficient (Wildman–Crippen LogP) is 7.29. The Morgan fingerprint density at radius 2 is 1.26 bits per heavy atom. The zero-order valence-corrected chi connectivity index (χ0v) is 18.2. The van der Waals surface area contributed by atoms with E-state index >= 15 is 0 Å². The van der Waals surface area contributed by atoms with Crippen LogP contribution in [0.25, 0.3) is 66.0 Å². The average Bonchev–Trinajstić information content (AvgIpc) is 3.46. The number of rotatable bonds is 1. The van der Waals surface area contributed by atoms with Crippen LogP contribution in [0.4, 0.5) is 0 Å². The van der Waals surface area contributed by atoms with Gasteiger partial charge in [-0.1, -0.05) is 60.7 Å². The van der Waals surface area contributed by atoms with Crippen molar-refractivity contribution in [3.63, 3.8) is 0 Å². The Balaban J connectivity index is 1.73. The summed E-state index contributed by atoms with van der Waals surface area (Å²) >= 11 is 0. The summed E-state index contributed by atoms with van der Waals surface area (Å²) in [5, 5.41) is 6.04. The topological polar surface area (TPSA) is 35.1 Å². The number of fused-ring (bicyclic) bond motifs is 12. The number of imidazole rings is 1. The highest BCUT2D eigenvalue weighted by molar-refractivity contribution is 6.27. The van der Waals surface area contributed by atoms with Crippen LogP contribution in [-0.4, -0.2) is 18.9 Å². The van der Waals surface area contributed by atoms with Crippen molar-refractivity contribution < 1.29 is 0 Å². The van der Waals surface area contributed by atoms with E-state index in [-0.39, 0.29) is 0 Å². The lowest BCUT2D eigenvalue weighted by Gasteiger charge is -2.13. The van der Waals surface area contributed by atoms with Gasteiger partial charge >= 0.3 is 0 Å². The molecule has 8 aromatic rings. The number of benzene rings is 4. The summed E-state index contributed by atoms with van der Waals surface area (Å²) in [6, 6.07) is 36.4. The molecule has 0 N–H and O–H groups in total. The molecule has 0 bridgehead atoms. The molecule has 0 saturated heterocycles. The van der Waals surface area contributed by atoms with Crippen molar-refractivity contribution in [3.05, 3.63) is 109 Å². The standard InChI is InChI=1S/C30H18N4/c1-2-9-19(10-3-1)33-25-14-6-4-11-20(25)21-16-17-23-27(28(21)33)22-12-5-7-15-26(22)34-29(23)32-24-13-8-18-31-30(24)34/h1-18H. The fourth-order valence-electron chi connectivity index (χ4n) is 5.56. The summed E-state index contributed by atoms with van der Waals surface area (Å²) < 4.78 is 4.60. The van der Waals surface area contributed by atoms with Gasteiger partial charge in [0.25, 0.3) is 0 Å². The van der Waals surface area contributed by atoms with Gasteiger partial charge in [0.05, 0.1) is 16.6 Å². The third-order valence-electron chi connectivity index (χ3n) is 6.92. The summed E-state index contributed by atoms with van der Waals surface area (Å²) in [7, 11) is 0.